The number of pyridine rings is 1. The third-order valence-corrected chi connectivity index (χ3v) is 3.10. The number of nitrogen functional groups attached to an aromatic ring is 1. The predicted molar refractivity (Wildman–Crippen MR) is 80.5 cm³/mol. The number of rotatable bonds is 3. The molecule has 0 bridgehead atoms. The van der Waals surface area contributed by atoms with E-state index in [0.717, 1.165) is 28.6 Å². The molecule has 21 heavy (non-hydrogen) atoms. The van der Waals surface area contributed by atoms with Gasteiger partial charge in [0.25, 0.3) is 0 Å². The zero-order valence-corrected chi connectivity index (χ0v) is 12.0. The largest absolute Gasteiger partial charge is 0.384 e. The Morgan fingerprint density at radius 3 is 2.52 bits per heavy atom. The molecule has 0 unspecified atom stereocenters. The summed E-state index contributed by atoms with van der Waals surface area (Å²) in [5.41, 5.74) is 8.59. The number of nitrogens with zero attached hydrogens (tertiary/aromatic N) is 5. The van der Waals surface area contributed by atoms with Crippen molar-refractivity contribution in [1.29, 1.82) is 0 Å². The van der Waals surface area contributed by atoms with Crippen LogP contribution >= 0.6 is 0 Å². The average Bonchev–Trinajstić information content (AvgIpc) is 2.85. The van der Waals surface area contributed by atoms with Crippen LogP contribution in [-0.2, 0) is 6.54 Å². The first-order valence-electron chi connectivity index (χ1n) is 6.66. The molecule has 0 saturated carbocycles. The summed E-state index contributed by atoms with van der Waals surface area (Å²) in [5.74, 6) is 2.07. The molecule has 6 heteroatoms. The molecule has 106 valence electrons. The van der Waals surface area contributed by atoms with Crippen molar-refractivity contribution in [1.82, 2.24) is 24.5 Å². The third-order valence-electron chi connectivity index (χ3n) is 3.10. The van der Waals surface area contributed by atoms with Crippen molar-refractivity contribution in [3.05, 3.63) is 54.0 Å². The highest BCUT2D eigenvalue weighted by molar-refractivity contribution is 5.58. The second kappa shape index (κ2) is 5.32. The molecule has 0 fully saturated rings. The lowest BCUT2D eigenvalue weighted by Crippen LogP contribution is -2.07. The molecule has 6 nitrogen and oxygen atoms in total. The maximum absolute atomic E-state index is 5.73. The molecule has 2 N–H and O–H groups in total. The zero-order chi connectivity index (χ0) is 14.8. The molecule has 0 aromatic carbocycles. The maximum Gasteiger partial charge on any atom is 0.148 e. The van der Waals surface area contributed by atoms with Crippen LogP contribution in [0.4, 0.5) is 5.82 Å². The molecule has 0 atom stereocenters. The Morgan fingerprint density at radius 1 is 1.05 bits per heavy atom. The summed E-state index contributed by atoms with van der Waals surface area (Å²) >= 11 is 0. The van der Waals surface area contributed by atoms with Gasteiger partial charge in [-0.1, -0.05) is 0 Å². The quantitative estimate of drug-likeness (QED) is 0.793. The van der Waals surface area contributed by atoms with Crippen LogP contribution in [0.3, 0.4) is 0 Å². The van der Waals surface area contributed by atoms with E-state index in [-0.39, 0.29) is 0 Å². The number of hydrogen-bond acceptors (Lipinski definition) is 5. The van der Waals surface area contributed by atoms with Crippen LogP contribution in [0.2, 0.25) is 0 Å². The summed E-state index contributed by atoms with van der Waals surface area (Å²) in [4.78, 5) is 17.3. The van der Waals surface area contributed by atoms with Gasteiger partial charge in [0, 0.05) is 35.5 Å². The fraction of sp³-hybridized carbons (Fsp3) is 0.200. The molecule has 0 aliphatic carbocycles. The summed E-state index contributed by atoms with van der Waals surface area (Å²) in [7, 11) is 0. The Labute approximate surface area is 122 Å². The van der Waals surface area contributed by atoms with Crippen molar-refractivity contribution >= 4 is 5.82 Å². The molecule has 0 aliphatic rings. The fourth-order valence-corrected chi connectivity index (χ4v) is 2.31. The zero-order valence-electron chi connectivity index (χ0n) is 12.0. The van der Waals surface area contributed by atoms with Crippen molar-refractivity contribution in [3.63, 3.8) is 0 Å². The first-order chi connectivity index (χ1) is 10.1. The van der Waals surface area contributed by atoms with E-state index < -0.39 is 0 Å². The minimum Gasteiger partial charge on any atom is -0.384 e. The first kappa shape index (κ1) is 13.2. The van der Waals surface area contributed by atoms with Crippen molar-refractivity contribution < 1.29 is 0 Å². The van der Waals surface area contributed by atoms with Gasteiger partial charge in [0.15, 0.2) is 0 Å². The normalized spacial score (nSPS) is 10.8. The number of anilines is 1. The van der Waals surface area contributed by atoms with Crippen LogP contribution in [-0.4, -0.2) is 24.5 Å². The molecule has 0 amide bonds. The molecular formula is C15H16N6. The lowest BCUT2D eigenvalue weighted by Gasteiger charge is -2.08. The van der Waals surface area contributed by atoms with Gasteiger partial charge >= 0.3 is 0 Å². The van der Waals surface area contributed by atoms with E-state index in [9.17, 15) is 0 Å². The van der Waals surface area contributed by atoms with Crippen LogP contribution in [0.1, 0.15) is 17.2 Å². The smallest absolute Gasteiger partial charge is 0.148 e. The number of aryl methyl sites for hydroxylation is 2. The minimum absolute atomic E-state index is 0.477. The summed E-state index contributed by atoms with van der Waals surface area (Å²) in [6.45, 7) is 4.51. The van der Waals surface area contributed by atoms with E-state index >= 15 is 0 Å². The molecule has 0 saturated heterocycles. The maximum atomic E-state index is 5.73. The van der Waals surface area contributed by atoms with Crippen LogP contribution in [0.15, 0.2) is 36.8 Å². The summed E-state index contributed by atoms with van der Waals surface area (Å²) in [6, 6.07) is 5.65. The van der Waals surface area contributed by atoms with Gasteiger partial charge in [-0.05, 0) is 32.0 Å². The fourth-order valence-electron chi connectivity index (χ4n) is 2.31. The van der Waals surface area contributed by atoms with E-state index in [0.29, 0.717) is 12.4 Å². The van der Waals surface area contributed by atoms with E-state index in [4.69, 9.17) is 5.73 Å². The van der Waals surface area contributed by atoms with Crippen molar-refractivity contribution in [2.24, 2.45) is 0 Å². The Kier molecular flexibility index (Phi) is 3.35. The van der Waals surface area contributed by atoms with Gasteiger partial charge in [0.1, 0.15) is 17.5 Å². The second-order valence-electron chi connectivity index (χ2n) is 4.92. The number of aromatic nitrogens is 5. The average molecular weight is 280 g/mol. The van der Waals surface area contributed by atoms with E-state index in [1.165, 1.54) is 0 Å². The summed E-state index contributed by atoms with van der Waals surface area (Å²) in [6.07, 6.45) is 5.35. The van der Waals surface area contributed by atoms with Gasteiger partial charge in [0.2, 0.25) is 0 Å². The summed E-state index contributed by atoms with van der Waals surface area (Å²) < 4.78 is 2.00. The standard InChI is InChI=1S/C15H16N6/c1-10-7-11(2)20-14(19-10)9-21-6-5-18-15(21)12-3-4-17-13(16)8-12/h3-8H,9H2,1-2H3,(H2,16,17). The highest BCUT2D eigenvalue weighted by Gasteiger charge is 2.09. The molecule has 0 spiro atoms. The second-order valence-corrected chi connectivity index (χ2v) is 4.92. The van der Waals surface area contributed by atoms with Gasteiger partial charge < -0.3 is 10.3 Å². The molecule has 0 aliphatic heterocycles. The van der Waals surface area contributed by atoms with Crippen LogP contribution in [0, 0.1) is 13.8 Å². The van der Waals surface area contributed by atoms with Gasteiger partial charge in [-0.2, -0.15) is 0 Å². The third kappa shape index (κ3) is 2.89. The highest BCUT2D eigenvalue weighted by atomic mass is 15.1. The molecule has 3 aromatic rings. The Balaban J connectivity index is 1.96. The van der Waals surface area contributed by atoms with Crippen LogP contribution in [0.25, 0.3) is 11.4 Å². The molecular weight excluding hydrogens is 264 g/mol. The number of nitrogens with two attached hydrogens (primary N) is 1. The monoisotopic (exact) mass is 280 g/mol. The van der Waals surface area contributed by atoms with E-state index in [1.54, 1.807) is 18.5 Å². The predicted octanol–water partition coefficient (Wildman–Crippen LogP) is 1.98. The Hall–Kier alpha value is -2.76. The lowest BCUT2D eigenvalue weighted by molar-refractivity contribution is 0.740. The molecule has 3 aromatic heterocycles. The SMILES string of the molecule is Cc1cc(C)nc(Cn2ccnc2-c2ccnc(N)c2)n1. The van der Waals surface area contributed by atoms with Crippen molar-refractivity contribution in [3.8, 4) is 11.4 Å². The van der Waals surface area contributed by atoms with Crippen molar-refractivity contribution in [2.45, 2.75) is 20.4 Å². The molecule has 0 radical (unpaired) electrons. The van der Waals surface area contributed by atoms with Gasteiger partial charge in [-0.25, -0.2) is 19.9 Å². The summed E-state index contributed by atoms with van der Waals surface area (Å²) in [5, 5.41) is 0. The topological polar surface area (TPSA) is 82.5 Å². The number of imidazole rings is 1. The minimum atomic E-state index is 0.477. The van der Waals surface area contributed by atoms with Crippen LogP contribution < -0.4 is 5.73 Å². The Bertz CT molecular complexity index is 757. The number of hydrogen-bond donors (Lipinski definition) is 1. The van der Waals surface area contributed by atoms with E-state index in [1.807, 2.05) is 36.7 Å². The molecule has 3 rings (SSSR count). The van der Waals surface area contributed by atoms with E-state index in [2.05, 4.69) is 19.9 Å². The van der Waals surface area contributed by atoms with Gasteiger partial charge in [-0.3, -0.25) is 0 Å². The lowest BCUT2D eigenvalue weighted by atomic mass is 10.2. The first-order valence-corrected chi connectivity index (χ1v) is 6.66. The van der Waals surface area contributed by atoms with Gasteiger partial charge in [0.05, 0.1) is 6.54 Å². The molecule has 3 heterocycles. The van der Waals surface area contributed by atoms with Crippen LogP contribution in [0.5, 0.6) is 0 Å². The highest BCUT2D eigenvalue weighted by Crippen LogP contribution is 2.19. The van der Waals surface area contributed by atoms with Gasteiger partial charge in [-0.15, -0.1) is 0 Å². The van der Waals surface area contributed by atoms with Crippen molar-refractivity contribution in [2.75, 3.05) is 5.73 Å². The Morgan fingerprint density at radius 2 is 1.81 bits per heavy atom.